The topological polar surface area (TPSA) is 44.8 Å². The van der Waals surface area contributed by atoms with Crippen molar-refractivity contribution < 1.29 is 9.53 Å². The summed E-state index contributed by atoms with van der Waals surface area (Å²) < 4.78 is 5.46. The lowest BCUT2D eigenvalue weighted by Crippen LogP contribution is -2.64. The first-order valence-corrected chi connectivity index (χ1v) is 11.6. The van der Waals surface area contributed by atoms with Gasteiger partial charge in [-0.25, -0.2) is 0 Å². The van der Waals surface area contributed by atoms with Crippen LogP contribution in [0.5, 0.6) is 5.75 Å². The highest BCUT2D eigenvalue weighted by Gasteiger charge is 2.53. The first-order chi connectivity index (χ1) is 14.1. The Balaban J connectivity index is 1.11. The fourth-order valence-electron chi connectivity index (χ4n) is 7.04. The second-order valence-electron chi connectivity index (χ2n) is 9.91. The van der Waals surface area contributed by atoms with Gasteiger partial charge in [-0.1, -0.05) is 0 Å². The molecule has 0 radical (unpaired) electrons. The lowest BCUT2D eigenvalue weighted by molar-refractivity contribution is -0.120. The van der Waals surface area contributed by atoms with Crippen molar-refractivity contribution in [3.8, 4) is 5.75 Å². The zero-order valence-corrected chi connectivity index (χ0v) is 17.7. The van der Waals surface area contributed by atoms with Crippen molar-refractivity contribution in [2.24, 2.45) is 17.8 Å². The number of nitrogens with one attached hydrogen (secondary N) is 1. The van der Waals surface area contributed by atoms with E-state index in [-0.39, 0.29) is 5.91 Å². The van der Waals surface area contributed by atoms with E-state index in [0.29, 0.717) is 18.7 Å². The van der Waals surface area contributed by atoms with E-state index in [9.17, 15) is 4.79 Å². The summed E-state index contributed by atoms with van der Waals surface area (Å²) in [5.74, 6) is 3.92. The van der Waals surface area contributed by atoms with Crippen LogP contribution in [-0.4, -0.2) is 60.6 Å². The number of carbonyl (C=O) groups is 1. The summed E-state index contributed by atoms with van der Waals surface area (Å²) in [6, 6.07) is 7.63. The van der Waals surface area contributed by atoms with Crippen LogP contribution in [-0.2, 0) is 4.79 Å². The van der Waals surface area contributed by atoms with E-state index in [1.807, 2.05) is 31.2 Å². The van der Waals surface area contributed by atoms with Gasteiger partial charge < -0.3 is 10.1 Å². The molecule has 6 rings (SSSR count). The molecule has 0 atom stereocenters. The lowest BCUT2D eigenvalue weighted by Gasteiger charge is -2.61. The average molecular weight is 398 g/mol. The van der Waals surface area contributed by atoms with Crippen molar-refractivity contribution >= 4 is 11.6 Å². The first kappa shape index (κ1) is 19.4. The number of nitrogens with zero attached hydrogens (tertiary/aromatic N) is 2. The van der Waals surface area contributed by atoms with Crippen LogP contribution in [0.15, 0.2) is 24.3 Å². The molecule has 5 fully saturated rings. The quantitative estimate of drug-likeness (QED) is 0.796. The highest BCUT2D eigenvalue weighted by atomic mass is 16.5. The van der Waals surface area contributed by atoms with E-state index >= 15 is 0 Å². The standard InChI is InChI=1S/C24H35N3O2/c1-2-29-22-5-3-21(4-6-22)25-23(28)17-26-7-9-27(10-8-26)24-14-18-11-19(15-24)13-20(12-18)16-24/h3-6,18-20H,2,7-17H2,1H3,(H,25,28). The van der Waals surface area contributed by atoms with Crippen molar-refractivity contribution in [3.05, 3.63) is 24.3 Å². The largest absolute Gasteiger partial charge is 0.494 e. The van der Waals surface area contributed by atoms with E-state index in [0.717, 1.165) is 55.4 Å². The van der Waals surface area contributed by atoms with Crippen LogP contribution >= 0.6 is 0 Å². The van der Waals surface area contributed by atoms with Gasteiger partial charge in [-0.2, -0.15) is 0 Å². The number of benzene rings is 1. The summed E-state index contributed by atoms with van der Waals surface area (Å²) in [6.45, 7) is 7.39. The van der Waals surface area contributed by atoms with E-state index in [4.69, 9.17) is 4.74 Å². The molecule has 0 unspecified atom stereocenters. The van der Waals surface area contributed by atoms with Gasteiger partial charge in [0.15, 0.2) is 0 Å². The van der Waals surface area contributed by atoms with Gasteiger partial charge in [-0.3, -0.25) is 14.6 Å². The van der Waals surface area contributed by atoms with Crippen LogP contribution in [0.2, 0.25) is 0 Å². The molecule has 29 heavy (non-hydrogen) atoms. The SMILES string of the molecule is CCOc1ccc(NC(=O)CN2CCN(C34CC5CC(CC(C5)C3)C4)CC2)cc1. The Bertz CT molecular complexity index is 689. The molecule has 1 amide bonds. The number of ether oxygens (including phenoxy) is 1. The van der Waals surface area contributed by atoms with E-state index in [2.05, 4.69) is 15.1 Å². The summed E-state index contributed by atoms with van der Waals surface area (Å²) in [6.07, 6.45) is 8.84. The highest BCUT2D eigenvalue weighted by molar-refractivity contribution is 5.92. The predicted molar refractivity (Wildman–Crippen MR) is 115 cm³/mol. The molecular formula is C24H35N3O2. The Morgan fingerprint density at radius 2 is 1.59 bits per heavy atom. The number of amides is 1. The predicted octanol–water partition coefficient (Wildman–Crippen LogP) is 3.61. The zero-order chi connectivity index (χ0) is 19.8. The molecule has 4 bridgehead atoms. The summed E-state index contributed by atoms with van der Waals surface area (Å²) >= 11 is 0. The molecule has 5 nitrogen and oxygen atoms in total. The monoisotopic (exact) mass is 397 g/mol. The Kier molecular flexibility index (Phi) is 5.29. The molecule has 1 N–H and O–H groups in total. The molecule has 1 aromatic carbocycles. The second-order valence-corrected chi connectivity index (χ2v) is 9.91. The molecule has 4 aliphatic carbocycles. The number of anilines is 1. The van der Waals surface area contributed by atoms with Gasteiger partial charge in [0.05, 0.1) is 13.2 Å². The molecule has 4 saturated carbocycles. The van der Waals surface area contributed by atoms with Gasteiger partial charge in [0, 0.05) is 37.4 Å². The fraction of sp³-hybridized carbons (Fsp3) is 0.708. The van der Waals surface area contributed by atoms with Crippen LogP contribution in [0, 0.1) is 17.8 Å². The van der Waals surface area contributed by atoms with Crippen LogP contribution < -0.4 is 10.1 Å². The van der Waals surface area contributed by atoms with E-state index in [1.54, 1.807) is 0 Å². The Labute approximate surface area is 174 Å². The number of hydrogen-bond acceptors (Lipinski definition) is 4. The van der Waals surface area contributed by atoms with Gasteiger partial charge in [0.25, 0.3) is 0 Å². The summed E-state index contributed by atoms with van der Waals surface area (Å²) in [7, 11) is 0. The third-order valence-corrected chi connectivity index (χ3v) is 7.87. The van der Waals surface area contributed by atoms with Gasteiger partial charge in [0.1, 0.15) is 5.75 Å². The molecule has 1 aliphatic heterocycles. The Hall–Kier alpha value is -1.59. The molecule has 0 spiro atoms. The molecule has 5 heteroatoms. The zero-order valence-electron chi connectivity index (χ0n) is 17.7. The molecule has 1 heterocycles. The molecule has 1 saturated heterocycles. The highest BCUT2D eigenvalue weighted by Crippen LogP contribution is 2.57. The maximum atomic E-state index is 12.5. The Morgan fingerprint density at radius 1 is 1.00 bits per heavy atom. The summed E-state index contributed by atoms with van der Waals surface area (Å²) in [5, 5.41) is 3.03. The number of hydrogen-bond donors (Lipinski definition) is 1. The smallest absolute Gasteiger partial charge is 0.238 e. The van der Waals surface area contributed by atoms with E-state index < -0.39 is 0 Å². The van der Waals surface area contributed by atoms with Gasteiger partial charge in [-0.05, 0) is 87.5 Å². The molecule has 158 valence electrons. The van der Waals surface area contributed by atoms with Gasteiger partial charge >= 0.3 is 0 Å². The van der Waals surface area contributed by atoms with Crippen molar-refractivity contribution in [1.82, 2.24) is 9.80 Å². The fourth-order valence-corrected chi connectivity index (χ4v) is 7.04. The third-order valence-electron chi connectivity index (χ3n) is 7.87. The molecule has 5 aliphatic rings. The number of carbonyl (C=O) groups excluding carboxylic acids is 1. The van der Waals surface area contributed by atoms with Crippen LogP contribution in [0.3, 0.4) is 0 Å². The Morgan fingerprint density at radius 3 is 2.14 bits per heavy atom. The number of rotatable bonds is 6. The first-order valence-electron chi connectivity index (χ1n) is 11.6. The van der Waals surface area contributed by atoms with Crippen LogP contribution in [0.1, 0.15) is 45.4 Å². The van der Waals surface area contributed by atoms with Crippen LogP contribution in [0.25, 0.3) is 0 Å². The van der Waals surface area contributed by atoms with Gasteiger partial charge in [-0.15, -0.1) is 0 Å². The number of piperazine rings is 1. The van der Waals surface area contributed by atoms with Crippen LogP contribution in [0.4, 0.5) is 5.69 Å². The summed E-state index contributed by atoms with van der Waals surface area (Å²) in [4.78, 5) is 17.6. The molecular weight excluding hydrogens is 362 g/mol. The van der Waals surface area contributed by atoms with Gasteiger partial charge in [0.2, 0.25) is 5.91 Å². The minimum Gasteiger partial charge on any atom is -0.494 e. The molecule has 0 aromatic heterocycles. The maximum absolute atomic E-state index is 12.5. The third kappa shape index (κ3) is 4.04. The van der Waals surface area contributed by atoms with E-state index in [1.165, 1.54) is 38.5 Å². The van der Waals surface area contributed by atoms with Crippen molar-refractivity contribution in [2.45, 2.75) is 51.0 Å². The molecule has 1 aromatic rings. The average Bonchev–Trinajstić information content (AvgIpc) is 2.69. The second kappa shape index (κ2) is 7.92. The minimum atomic E-state index is 0.0809. The van der Waals surface area contributed by atoms with Crippen molar-refractivity contribution in [2.75, 3.05) is 44.6 Å². The normalized spacial score (nSPS) is 34.3. The maximum Gasteiger partial charge on any atom is 0.238 e. The summed E-state index contributed by atoms with van der Waals surface area (Å²) in [5.41, 5.74) is 1.34. The lowest BCUT2D eigenvalue weighted by atomic mass is 9.52. The van der Waals surface area contributed by atoms with Crippen molar-refractivity contribution in [3.63, 3.8) is 0 Å². The van der Waals surface area contributed by atoms with Crippen molar-refractivity contribution in [1.29, 1.82) is 0 Å². The minimum absolute atomic E-state index is 0.0809.